The van der Waals surface area contributed by atoms with E-state index in [4.69, 9.17) is 9.47 Å². The van der Waals surface area contributed by atoms with Gasteiger partial charge in [-0.3, -0.25) is 4.79 Å². The smallest absolute Gasteiger partial charge is 0.220 e. The van der Waals surface area contributed by atoms with E-state index < -0.39 is 49.5 Å². The van der Waals surface area contributed by atoms with Gasteiger partial charge in [-0.2, -0.15) is 0 Å². The molecular formula is C69H133NO8. The maximum absolute atomic E-state index is 13.1. The summed E-state index contributed by atoms with van der Waals surface area (Å²) in [7, 11) is 0. The summed E-state index contributed by atoms with van der Waals surface area (Å²) in [4.78, 5) is 13.1. The van der Waals surface area contributed by atoms with Crippen LogP contribution < -0.4 is 5.32 Å². The fraction of sp³-hybridized carbons (Fsp3) is 0.928. The van der Waals surface area contributed by atoms with E-state index in [0.29, 0.717) is 12.8 Å². The van der Waals surface area contributed by atoms with E-state index in [-0.39, 0.29) is 12.5 Å². The van der Waals surface area contributed by atoms with Gasteiger partial charge in [0.25, 0.3) is 0 Å². The molecule has 1 aliphatic heterocycles. The molecule has 1 saturated heterocycles. The summed E-state index contributed by atoms with van der Waals surface area (Å²) in [5, 5.41) is 54.9. The summed E-state index contributed by atoms with van der Waals surface area (Å²) in [5.41, 5.74) is 0. The average Bonchev–Trinajstić information content (AvgIpc) is 3.45. The van der Waals surface area contributed by atoms with E-state index in [0.717, 1.165) is 44.9 Å². The molecule has 9 nitrogen and oxygen atoms in total. The van der Waals surface area contributed by atoms with Crippen molar-refractivity contribution in [1.29, 1.82) is 0 Å². The fourth-order valence-corrected chi connectivity index (χ4v) is 11.4. The molecule has 0 aromatic rings. The van der Waals surface area contributed by atoms with Gasteiger partial charge in [-0.25, -0.2) is 0 Å². The van der Waals surface area contributed by atoms with Crippen LogP contribution in [0.1, 0.15) is 354 Å². The molecule has 0 aromatic heterocycles. The van der Waals surface area contributed by atoms with Crippen molar-refractivity contribution in [3.8, 4) is 0 Å². The Morgan fingerprint density at radius 2 is 0.756 bits per heavy atom. The Kier molecular flexibility index (Phi) is 56.3. The molecule has 9 heteroatoms. The standard InChI is InChI=1S/C69H133NO8/c1-3-5-7-9-11-13-15-17-19-21-23-25-26-27-28-29-30-31-32-33-34-35-36-37-38-39-41-43-45-47-49-51-53-55-57-59-65(73)70-62(61-77-69-68(76)67(75)66(74)64(60-71)78-69)63(72)58-56-54-52-50-48-46-44-42-40-24-22-20-18-16-14-12-10-8-6-4-2/h26-27,29-30,62-64,66-69,71-72,74-76H,3-25,28,31-61H2,1-2H3,(H,70,73)/b27-26-,30-29-. The minimum absolute atomic E-state index is 0.133. The van der Waals surface area contributed by atoms with Crippen LogP contribution in [0.5, 0.6) is 0 Å². The minimum atomic E-state index is -1.55. The Hall–Kier alpha value is -1.33. The molecule has 7 unspecified atom stereocenters. The van der Waals surface area contributed by atoms with Crippen molar-refractivity contribution < 1.29 is 39.8 Å². The number of hydrogen-bond donors (Lipinski definition) is 6. The molecule has 1 rings (SSSR count). The third kappa shape index (κ3) is 47.2. The molecule has 6 N–H and O–H groups in total. The molecular weight excluding hydrogens is 971 g/mol. The van der Waals surface area contributed by atoms with Crippen LogP contribution in [0.2, 0.25) is 0 Å². The normalized spacial score (nSPS) is 18.7. The second-order valence-electron chi connectivity index (χ2n) is 24.3. The molecule has 1 aliphatic rings. The summed E-state index contributed by atoms with van der Waals surface area (Å²) >= 11 is 0. The van der Waals surface area contributed by atoms with Crippen molar-refractivity contribution in [1.82, 2.24) is 5.32 Å². The van der Waals surface area contributed by atoms with Gasteiger partial charge in [-0.05, 0) is 44.9 Å². The monoisotopic (exact) mass is 1100 g/mol. The Morgan fingerprint density at radius 1 is 0.436 bits per heavy atom. The highest BCUT2D eigenvalue weighted by Crippen LogP contribution is 2.24. The molecule has 78 heavy (non-hydrogen) atoms. The highest BCUT2D eigenvalue weighted by atomic mass is 16.7. The van der Waals surface area contributed by atoms with Crippen molar-refractivity contribution in [2.45, 2.75) is 397 Å². The maximum atomic E-state index is 13.1. The average molecular weight is 1100 g/mol. The maximum Gasteiger partial charge on any atom is 0.220 e. The molecule has 1 fully saturated rings. The lowest BCUT2D eigenvalue weighted by Gasteiger charge is -2.40. The van der Waals surface area contributed by atoms with Crippen molar-refractivity contribution in [3.63, 3.8) is 0 Å². The summed E-state index contributed by atoms with van der Waals surface area (Å²) in [5.74, 6) is -0.137. The van der Waals surface area contributed by atoms with Crippen LogP contribution >= 0.6 is 0 Å². The van der Waals surface area contributed by atoms with Gasteiger partial charge in [-0.1, -0.05) is 327 Å². The van der Waals surface area contributed by atoms with Crippen LogP contribution in [-0.4, -0.2) is 87.5 Å². The molecule has 0 bridgehead atoms. The zero-order chi connectivity index (χ0) is 56.5. The van der Waals surface area contributed by atoms with Gasteiger partial charge in [0.1, 0.15) is 24.4 Å². The number of ether oxygens (including phenoxy) is 2. The van der Waals surface area contributed by atoms with Crippen LogP contribution in [-0.2, 0) is 14.3 Å². The lowest BCUT2D eigenvalue weighted by Crippen LogP contribution is -2.60. The second-order valence-corrected chi connectivity index (χ2v) is 24.3. The highest BCUT2D eigenvalue weighted by Gasteiger charge is 2.44. The number of unbranched alkanes of at least 4 members (excludes halogenated alkanes) is 47. The molecule has 0 radical (unpaired) electrons. The van der Waals surface area contributed by atoms with Gasteiger partial charge in [0, 0.05) is 6.42 Å². The van der Waals surface area contributed by atoms with Crippen LogP contribution in [0.25, 0.3) is 0 Å². The zero-order valence-corrected chi connectivity index (χ0v) is 51.7. The van der Waals surface area contributed by atoms with E-state index in [2.05, 4.69) is 43.5 Å². The van der Waals surface area contributed by atoms with Crippen molar-refractivity contribution in [3.05, 3.63) is 24.3 Å². The van der Waals surface area contributed by atoms with E-state index >= 15 is 0 Å². The van der Waals surface area contributed by atoms with Crippen LogP contribution in [0.4, 0.5) is 0 Å². The number of amides is 1. The third-order valence-corrected chi connectivity index (χ3v) is 16.8. The molecule has 0 aromatic carbocycles. The van der Waals surface area contributed by atoms with Crippen LogP contribution in [0, 0.1) is 0 Å². The zero-order valence-electron chi connectivity index (χ0n) is 51.7. The predicted molar refractivity (Wildman–Crippen MR) is 332 cm³/mol. The first kappa shape index (κ1) is 74.7. The highest BCUT2D eigenvalue weighted by molar-refractivity contribution is 5.76. The van der Waals surface area contributed by atoms with Gasteiger partial charge < -0.3 is 40.3 Å². The number of carbonyl (C=O) groups excluding carboxylic acids is 1. The van der Waals surface area contributed by atoms with Gasteiger partial charge in [-0.15, -0.1) is 0 Å². The third-order valence-electron chi connectivity index (χ3n) is 16.8. The number of carbonyl (C=O) groups is 1. The van der Waals surface area contributed by atoms with Crippen molar-refractivity contribution in [2.24, 2.45) is 0 Å². The van der Waals surface area contributed by atoms with Crippen molar-refractivity contribution in [2.75, 3.05) is 13.2 Å². The molecule has 462 valence electrons. The number of allylic oxidation sites excluding steroid dienone is 4. The number of nitrogens with one attached hydrogen (secondary N) is 1. The van der Waals surface area contributed by atoms with Gasteiger partial charge in [0.15, 0.2) is 6.29 Å². The number of aliphatic hydroxyl groups is 5. The lowest BCUT2D eigenvalue weighted by atomic mass is 9.99. The van der Waals surface area contributed by atoms with E-state index in [1.807, 2.05) is 0 Å². The van der Waals surface area contributed by atoms with Crippen LogP contribution in [0.15, 0.2) is 24.3 Å². The Labute approximate surface area is 483 Å². The van der Waals surface area contributed by atoms with Gasteiger partial charge in [0.2, 0.25) is 5.91 Å². The largest absolute Gasteiger partial charge is 0.394 e. The number of hydrogen-bond acceptors (Lipinski definition) is 8. The van der Waals surface area contributed by atoms with E-state index in [1.165, 1.54) is 283 Å². The SMILES string of the molecule is CCCCCCCCCCCCC/C=C\C/C=C\CCCCCCCCCCCCCCCCCCCC(=O)NC(COC1OC(CO)C(O)C(O)C1O)C(O)CCCCCCCCCCCCCCCCCCCCCC. The first-order chi connectivity index (χ1) is 38.3. The number of rotatable bonds is 61. The first-order valence-corrected chi connectivity index (χ1v) is 34.5. The molecule has 7 atom stereocenters. The Morgan fingerprint density at radius 3 is 1.10 bits per heavy atom. The predicted octanol–water partition coefficient (Wildman–Crippen LogP) is 18.5. The van der Waals surface area contributed by atoms with E-state index in [1.54, 1.807) is 0 Å². The topological polar surface area (TPSA) is 149 Å². The van der Waals surface area contributed by atoms with Crippen LogP contribution in [0.3, 0.4) is 0 Å². The Balaban J connectivity index is 2.08. The molecule has 1 amide bonds. The molecule has 0 spiro atoms. The lowest BCUT2D eigenvalue weighted by molar-refractivity contribution is -0.302. The summed E-state index contributed by atoms with van der Waals surface area (Å²) in [6.45, 7) is 3.89. The Bertz CT molecular complexity index is 1280. The quantitative estimate of drug-likeness (QED) is 0.0261. The minimum Gasteiger partial charge on any atom is -0.394 e. The molecule has 1 heterocycles. The summed E-state index contributed by atoms with van der Waals surface area (Å²) in [6.07, 6.45) is 69.6. The second kappa shape index (κ2) is 58.9. The van der Waals surface area contributed by atoms with Gasteiger partial charge >= 0.3 is 0 Å². The fourth-order valence-electron chi connectivity index (χ4n) is 11.4. The van der Waals surface area contributed by atoms with E-state index in [9.17, 15) is 30.3 Å². The first-order valence-electron chi connectivity index (χ1n) is 34.5. The molecule has 0 aliphatic carbocycles. The molecule has 0 saturated carbocycles. The van der Waals surface area contributed by atoms with Gasteiger partial charge in [0.05, 0.1) is 25.4 Å². The number of aliphatic hydroxyl groups excluding tert-OH is 5. The summed E-state index contributed by atoms with van der Waals surface area (Å²) < 4.78 is 11.4. The van der Waals surface area contributed by atoms with Crippen molar-refractivity contribution >= 4 is 5.91 Å². The summed E-state index contributed by atoms with van der Waals surface area (Å²) in [6, 6.07) is -0.718.